The van der Waals surface area contributed by atoms with Gasteiger partial charge in [0.1, 0.15) is 5.82 Å². The Morgan fingerprint density at radius 3 is 3.13 bits per heavy atom. The van der Waals surface area contributed by atoms with Gasteiger partial charge in [0.25, 0.3) is 0 Å². The highest BCUT2D eigenvalue weighted by Crippen LogP contribution is 2.20. The van der Waals surface area contributed by atoms with Crippen LogP contribution in [0.1, 0.15) is 19.2 Å². The van der Waals surface area contributed by atoms with Crippen LogP contribution in [0.25, 0.3) is 10.7 Å². The van der Waals surface area contributed by atoms with Crippen LogP contribution in [-0.4, -0.2) is 26.4 Å². The highest BCUT2D eigenvalue weighted by molar-refractivity contribution is 7.13. The molecule has 0 fully saturated rings. The molecule has 4 nitrogen and oxygen atoms in total. The lowest BCUT2D eigenvalue weighted by molar-refractivity contribution is 0.184. The van der Waals surface area contributed by atoms with Gasteiger partial charge in [0.15, 0.2) is 5.82 Å². The van der Waals surface area contributed by atoms with Gasteiger partial charge in [-0.05, 0) is 24.8 Å². The van der Waals surface area contributed by atoms with Gasteiger partial charge < -0.3 is 5.11 Å². The summed E-state index contributed by atoms with van der Waals surface area (Å²) >= 11 is 1.62. The van der Waals surface area contributed by atoms with Gasteiger partial charge in [-0.25, -0.2) is 4.98 Å². The Morgan fingerprint density at radius 2 is 2.47 bits per heavy atom. The zero-order valence-electron chi connectivity index (χ0n) is 8.47. The first-order valence-corrected chi connectivity index (χ1v) is 5.77. The van der Waals surface area contributed by atoms with Crippen LogP contribution in [0.4, 0.5) is 0 Å². The molecule has 2 aromatic rings. The molecule has 0 amide bonds. The van der Waals surface area contributed by atoms with Gasteiger partial charge in [-0.15, -0.1) is 11.3 Å². The summed E-state index contributed by atoms with van der Waals surface area (Å²) in [6.45, 7) is 1.77. The number of H-pyrrole nitrogens is 1. The Kier molecular flexibility index (Phi) is 3.13. The predicted octanol–water partition coefficient (Wildman–Crippen LogP) is 1.85. The van der Waals surface area contributed by atoms with Crippen LogP contribution in [0.2, 0.25) is 0 Å². The molecular formula is C10H13N3OS. The van der Waals surface area contributed by atoms with Crippen LogP contribution < -0.4 is 0 Å². The Balaban J connectivity index is 2.04. The first-order chi connectivity index (χ1) is 7.25. The Hall–Kier alpha value is -1.20. The Morgan fingerprint density at radius 1 is 1.60 bits per heavy atom. The number of aliphatic hydroxyl groups is 1. The number of aromatic nitrogens is 3. The standard InChI is InChI=1S/C10H13N3OS/c1-7(14)4-5-9-11-10(13-12-9)8-3-2-6-15-8/h2-3,6-7,14H,4-5H2,1H3,(H,11,12,13). The second-order valence-electron chi connectivity index (χ2n) is 3.47. The topological polar surface area (TPSA) is 61.8 Å². The van der Waals surface area contributed by atoms with E-state index in [0.717, 1.165) is 22.9 Å². The van der Waals surface area contributed by atoms with E-state index < -0.39 is 0 Å². The lowest BCUT2D eigenvalue weighted by Crippen LogP contribution is -2.02. The molecule has 80 valence electrons. The van der Waals surface area contributed by atoms with E-state index in [1.165, 1.54) is 0 Å². The minimum atomic E-state index is -0.291. The summed E-state index contributed by atoms with van der Waals surface area (Å²) in [7, 11) is 0. The van der Waals surface area contributed by atoms with Gasteiger partial charge in [-0.1, -0.05) is 6.07 Å². The summed E-state index contributed by atoms with van der Waals surface area (Å²) in [5.74, 6) is 1.57. The second kappa shape index (κ2) is 4.55. The SMILES string of the molecule is CC(O)CCc1nc(-c2cccs2)n[nH]1. The molecule has 0 bridgehead atoms. The van der Waals surface area contributed by atoms with Gasteiger partial charge in [0.2, 0.25) is 0 Å². The van der Waals surface area contributed by atoms with Crippen molar-refractivity contribution in [3.63, 3.8) is 0 Å². The quantitative estimate of drug-likeness (QED) is 0.831. The van der Waals surface area contributed by atoms with Crippen molar-refractivity contribution in [1.29, 1.82) is 0 Å². The van der Waals surface area contributed by atoms with E-state index in [0.29, 0.717) is 6.42 Å². The largest absolute Gasteiger partial charge is 0.393 e. The van der Waals surface area contributed by atoms with E-state index >= 15 is 0 Å². The lowest BCUT2D eigenvalue weighted by atomic mass is 10.2. The molecule has 1 unspecified atom stereocenters. The van der Waals surface area contributed by atoms with E-state index in [9.17, 15) is 0 Å². The highest BCUT2D eigenvalue weighted by Gasteiger charge is 2.07. The normalized spacial score (nSPS) is 12.9. The van der Waals surface area contributed by atoms with Crippen LogP contribution in [0.15, 0.2) is 17.5 Å². The third kappa shape index (κ3) is 2.64. The van der Waals surface area contributed by atoms with Gasteiger partial charge in [-0.3, -0.25) is 5.10 Å². The van der Waals surface area contributed by atoms with Crippen LogP contribution in [0.5, 0.6) is 0 Å². The Bertz CT molecular complexity index is 408. The molecule has 0 spiro atoms. The van der Waals surface area contributed by atoms with E-state index in [2.05, 4.69) is 15.2 Å². The molecule has 0 saturated heterocycles. The van der Waals surface area contributed by atoms with Crippen molar-refractivity contribution in [2.24, 2.45) is 0 Å². The molecule has 0 saturated carbocycles. The summed E-state index contributed by atoms with van der Waals surface area (Å²) in [5.41, 5.74) is 0. The van der Waals surface area contributed by atoms with Crippen molar-refractivity contribution >= 4 is 11.3 Å². The number of hydrogen-bond acceptors (Lipinski definition) is 4. The third-order valence-electron chi connectivity index (χ3n) is 2.07. The molecule has 2 heterocycles. The number of aliphatic hydroxyl groups excluding tert-OH is 1. The summed E-state index contributed by atoms with van der Waals surface area (Å²) in [5, 5.41) is 18.2. The predicted molar refractivity (Wildman–Crippen MR) is 59.7 cm³/mol. The summed E-state index contributed by atoms with van der Waals surface area (Å²) in [6.07, 6.45) is 1.15. The van der Waals surface area contributed by atoms with Gasteiger partial charge in [0.05, 0.1) is 11.0 Å². The molecular weight excluding hydrogens is 210 g/mol. The zero-order valence-corrected chi connectivity index (χ0v) is 9.29. The number of aryl methyl sites for hydroxylation is 1. The molecule has 5 heteroatoms. The van der Waals surface area contributed by atoms with Crippen molar-refractivity contribution in [2.45, 2.75) is 25.9 Å². The maximum Gasteiger partial charge on any atom is 0.191 e. The summed E-state index contributed by atoms with van der Waals surface area (Å²) in [6, 6.07) is 3.97. The average Bonchev–Trinajstić information content (AvgIpc) is 2.85. The monoisotopic (exact) mass is 223 g/mol. The maximum absolute atomic E-state index is 9.14. The molecule has 2 aromatic heterocycles. The first-order valence-electron chi connectivity index (χ1n) is 4.89. The molecule has 0 aromatic carbocycles. The van der Waals surface area contributed by atoms with E-state index in [1.54, 1.807) is 18.3 Å². The summed E-state index contributed by atoms with van der Waals surface area (Å²) in [4.78, 5) is 5.42. The number of rotatable bonds is 4. The van der Waals surface area contributed by atoms with Crippen molar-refractivity contribution in [2.75, 3.05) is 0 Å². The number of hydrogen-bond donors (Lipinski definition) is 2. The number of nitrogens with one attached hydrogen (secondary N) is 1. The molecule has 2 rings (SSSR count). The van der Waals surface area contributed by atoms with E-state index in [4.69, 9.17) is 5.11 Å². The van der Waals surface area contributed by atoms with E-state index in [-0.39, 0.29) is 6.10 Å². The summed E-state index contributed by atoms with van der Waals surface area (Å²) < 4.78 is 0. The van der Waals surface area contributed by atoms with Crippen molar-refractivity contribution in [3.8, 4) is 10.7 Å². The molecule has 15 heavy (non-hydrogen) atoms. The minimum absolute atomic E-state index is 0.291. The van der Waals surface area contributed by atoms with Gasteiger partial charge in [0, 0.05) is 6.42 Å². The number of nitrogens with zero attached hydrogens (tertiary/aromatic N) is 2. The molecule has 0 aliphatic heterocycles. The molecule has 2 N–H and O–H groups in total. The maximum atomic E-state index is 9.14. The smallest absolute Gasteiger partial charge is 0.191 e. The highest BCUT2D eigenvalue weighted by atomic mass is 32.1. The van der Waals surface area contributed by atoms with Gasteiger partial charge >= 0.3 is 0 Å². The zero-order chi connectivity index (χ0) is 10.7. The van der Waals surface area contributed by atoms with Gasteiger partial charge in [-0.2, -0.15) is 5.10 Å². The fraction of sp³-hybridized carbons (Fsp3) is 0.400. The van der Waals surface area contributed by atoms with Crippen molar-refractivity contribution in [1.82, 2.24) is 15.2 Å². The number of thiophene rings is 1. The van der Waals surface area contributed by atoms with E-state index in [1.807, 2.05) is 17.5 Å². The van der Waals surface area contributed by atoms with Crippen molar-refractivity contribution in [3.05, 3.63) is 23.3 Å². The van der Waals surface area contributed by atoms with Crippen LogP contribution in [0, 0.1) is 0 Å². The van der Waals surface area contributed by atoms with Crippen LogP contribution in [0.3, 0.4) is 0 Å². The fourth-order valence-corrected chi connectivity index (χ4v) is 1.93. The van der Waals surface area contributed by atoms with Crippen LogP contribution in [-0.2, 0) is 6.42 Å². The molecule has 0 aliphatic carbocycles. The third-order valence-corrected chi connectivity index (χ3v) is 2.94. The average molecular weight is 223 g/mol. The molecule has 1 atom stereocenters. The minimum Gasteiger partial charge on any atom is -0.393 e. The number of aromatic amines is 1. The molecule has 0 aliphatic rings. The molecule has 0 radical (unpaired) electrons. The Labute approximate surface area is 92.0 Å². The lowest BCUT2D eigenvalue weighted by Gasteiger charge is -1.99. The van der Waals surface area contributed by atoms with Crippen molar-refractivity contribution < 1.29 is 5.11 Å². The van der Waals surface area contributed by atoms with Crippen LogP contribution >= 0.6 is 11.3 Å². The fourth-order valence-electron chi connectivity index (χ4n) is 1.27. The first kappa shape index (κ1) is 10.3. The second-order valence-corrected chi connectivity index (χ2v) is 4.42.